The van der Waals surface area contributed by atoms with Crippen LogP contribution in [0, 0.1) is 5.92 Å². The summed E-state index contributed by atoms with van der Waals surface area (Å²) in [6.07, 6.45) is 3.34. The molecule has 0 radical (unpaired) electrons. The highest BCUT2D eigenvalue weighted by atomic mass is 16.1. The molecule has 1 aromatic rings. The van der Waals surface area contributed by atoms with Gasteiger partial charge in [0.05, 0.1) is 0 Å². The number of benzene rings is 1. The summed E-state index contributed by atoms with van der Waals surface area (Å²) in [5, 5.41) is 0. The number of likely N-dealkylation sites (tertiary alicyclic amines) is 1. The van der Waals surface area contributed by atoms with Gasteiger partial charge in [-0.15, -0.1) is 0 Å². The normalized spacial score (nSPS) is 21.8. The van der Waals surface area contributed by atoms with Crippen molar-refractivity contribution in [1.29, 1.82) is 0 Å². The summed E-state index contributed by atoms with van der Waals surface area (Å²) in [5.74, 6) is 0.789. The molecule has 1 atom stereocenters. The average molecular weight is 203 g/mol. The Morgan fingerprint density at radius 2 is 2.13 bits per heavy atom. The molecule has 0 saturated carbocycles. The molecule has 0 spiro atoms. The van der Waals surface area contributed by atoms with Crippen molar-refractivity contribution in [3.63, 3.8) is 0 Å². The van der Waals surface area contributed by atoms with Gasteiger partial charge in [0.15, 0.2) is 0 Å². The van der Waals surface area contributed by atoms with Crippen LogP contribution < -0.4 is 0 Å². The standard InChI is InChI=1S/C13H17NO/c1-14-7-6-13(9-14)8-11-2-4-12(10-15)5-3-11/h2-5,10,13H,6-9H2,1H3. The van der Waals surface area contributed by atoms with Crippen LogP contribution >= 0.6 is 0 Å². The molecule has 1 aliphatic heterocycles. The molecule has 1 fully saturated rings. The Kier molecular flexibility index (Phi) is 3.17. The second-order valence-corrected chi connectivity index (χ2v) is 4.48. The van der Waals surface area contributed by atoms with Crippen molar-refractivity contribution in [1.82, 2.24) is 4.90 Å². The number of rotatable bonds is 3. The number of aldehydes is 1. The number of hydrogen-bond donors (Lipinski definition) is 0. The van der Waals surface area contributed by atoms with Gasteiger partial charge >= 0.3 is 0 Å². The summed E-state index contributed by atoms with van der Waals surface area (Å²) in [7, 11) is 2.18. The third-order valence-corrected chi connectivity index (χ3v) is 3.13. The van der Waals surface area contributed by atoms with Crippen LogP contribution in [0.5, 0.6) is 0 Å². The first-order valence-electron chi connectivity index (χ1n) is 5.50. The summed E-state index contributed by atoms with van der Waals surface area (Å²) >= 11 is 0. The van der Waals surface area contributed by atoms with Crippen LogP contribution in [0.15, 0.2) is 24.3 Å². The van der Waals surface area contributed by atoms with Crippen LogP contribution in [-0.2, 0) is 6.42 Å². The molecule has 0 bridgehead atoms. The van der Waals surface area contributed by atoms with Crippen molar-refractivity contribution in [2.45, 2.75) is 12.8 Å². The zero-order valence-electron chi connectivity index (χ0n) is 9.15. The number of nitrogens with zero attached hydrogens (tertiary/aromatic N) is 1. The van der Waals surface area contributed by atoms with Gasteiger partial charge in [-0.2, -0.15) is 0 Å². The summed E-state index contributed by atoms with van der Waals surface area (Å²) < 4.78 is 0. The number of carbonyl (C=O) groups excluding carboxylic acids is 1. The highest BCUT2D eigenvalue weighted by Crippen LogP contribution is 2.19. The molecule has 1 unspecified atom stereocenters. The molecule has 0 N–H and O–H groups in total. The second-order valence-electron chi connectivity index (χ2n) is 4.48. The Hall–Kier alpha value is -1.15. The molecule has 1 aromatic carbocycles. The van der Waals surface area contributed by atoms with Gasteiger partial charge in [-0.1, -0.05) is 24.3 Å². The predicted molar refractivity (Wildman–Crippen MR) is 61.1 cm³/mol. The highest BCUT2D eigenvalue weighted by molar-refractivity contribution is 5.74. The molecule has 1 saturated heterocycles. The van der Waals surface area contributed by atoms with Crippen LogP contribution in [0.3, 0.4) is 0 Å². The number of hydrogen-bond acceptors (Lipinski definition) is 2. The van der Waals surface area contributed by atoms with Gasteiger partial charge in [-0.05, 0) is 37.9 Å². The number of carbonyl (C=O) groups is 1. The summed E-state index contributed by atoms with van der Waals surface area (Å²) in [6, 6.07) is 7.95. The van der Waals surface area contributed by atoms with Crippen molar-refractivity contribution in [2.24, 2.45) is 5.92 Å². The first kappa shape index (κ1) is 10.4. The minimum atomic E-state index is 0.766. The van der Waals surface area contributed by atoms with Gasteiger partial charge in [0.1, 0.15) is 6.29 Å². The Morgan fingerprint density at radius 1 is 1.40 bits per heavy atom. The average Bonchev–Trinajstić information content (AvgIpc) is 2.65. The lowest BCUT2D eigenvalue weighted by Crippen LogP contribution is -2.14. The molecule has 2 rings (SSSR count). The van der Waals surface area contributed by atoms with E-state index < -0.39 is 0 Å². The maximum Gasteiger partial charge on any atom is 0.150 e. The molecular weight excluding hydrogens is 186 g/mol. The van der Waals surface area contributed by atoms with E-state index in [4.69, 9.17) is 0 Å². The predicted octanol–water partition coefficient (Wildman–Crippen LogP) is 1.99. The van der Waals surface area contributed by atoms with E-state index in [2.05, 4.69) is 24.1 Å². The quantitative estimate of drug-likeness (QED) is 0.700. The summed E-state index contributed by atoms with van der Waals surface area (Å²) in [6.45, 7) is 2.42. The van der Waals surface area contributed by atoms with Gasteiger partial charge in [0, 0.05) is 12.1 Å². The van der Waals surface area contributed by atoms with Gasteiger partial charge in [-0.3, -0.25) is 4.79 Å². The van der Waals surface area contributed by atoms with Crippen molar-refractivity contribution in [3.05, 3.63) is 35.4 Å². The third-order valence-electron chi connectivity index (χ3n) is 3.13. The van der Waals surface area contributed by atoms with E-state index >= 15 is 0 Å². The van der Waals surface area contributed by atoms with Crippen molar-refractivity contribution >= 4 is 6.29 Å². The van der Waals surface area contributed by atoms with Crippen molar-refractivity contribution < 1.29 is 4.79 Å². The zero-order chi connectivity index (χ0) is 10.7. The van der Waals surface area contributed by atoms with Gasteiger partial charge in [0.25, 0.3) is 0 Å². The maximum atomic E-state index is 10.5. The van der Waals surface area contributed by atoms with E-state index in [9.17, 15) is 4.79 Å². The van der Waals surface area contributed by atoms with Crippen LogP contribution in [0.2, 0.25) is 0 Å². The monoisotopic (exact) mass is 203 g/mol. The molecule has 80 valence electrons. The topological polar surface area (TPSA) is 20.3 Å². The molecule has 0 amide bonds. The Morgan fingerprint density at radius 3 is 2.67 bits per heavy atom. The fraction of sp³-hybridized carbons (Fsp3) is 0.462. The van der Waals surface area contributed by atoms with Crippen molar-refractivity contribution in [3.8, 4) is 0 Å². The van der Waals surface area contributed by atoms with Crippen LogP contribution in [0.25, 0.3) is 0 Å². The van der Waals surface area contributed by atoms with E-state index in [1.54, 1.807) is 0 Å². The molecule has 0 aromatic heterocycles. The molecular formula is C13H17NO. The van der Waals surface area contributed by atoms with Gasteiger partial charge in [-0.25, -0.2) is 0 Å². The zero-order valence-corrected chi connectivity index (χ0v) is 9.15. The van der Waals surface area contributed by atoms with Gasteiger partial charge in [0.2, 0.25) is 0 Å². The fourth-order valence-electron chi connectivity index (χ4n) is 2.26. The molecule has 15 heavy (non-hydrogen) atoms. The van der Waals surface area contributed by atoms with E-state index in [0.29, 0.717) is 0 Å². The first-order chi connectivity index (χ1) is 7.28. The van der Waals surface area contributed by atoms with Crippen LogP contribution in [0.1, 0.15) is 22.3 Å². The molecule has 2 nitrogen and oxygen atoms in total. The van der Waals surface area contributed by atoms with Gasteiger partial charge < -0.3 is 4.90 Å². The minimum absolute atomic E-state index is 0.766. The van der Waals surface area contributed by atoms with E-state index in [1.165, 1.54) is 25.1 Å². The van der Waals surface area contributed by atoms with Crippen molar-refractivity contribution in [2.75, 3.05) is 20.1 Å². The van der Waals surface area contributed by atoms with E-state index in [1.807, 2.05) is 12.1 Å². The highest BCUT2D eigenvalue weighted by Gasteiger charge is 2.19. The fourth-order valence-corrected chi connectivity index (χ4v) is 2.26. The molecule has 1 heterocycles. The third kappa shape index (κ3) is 2.66. The Balaban J connectivity index is 1.96. The van der Waals surface area contributed by atoms with Crippen LogP contribution in [0.4, 0.5) is 0 Å². The lowest BCUT2D eigenvalue weighted by Gasteiger charge is -2.10. The first-order valence-corrected chi connectivity index (χ1v) is 5.50. The van der Waals surface area contributed by atoms with E-state index in [-0.39, 0.29) is 0 Å². The lowest BCUT2D eigenvalue weighted by molar-refractivity contribution is 0.112. The molecule has 1 aliphatic rings. The SMILES string of the molecule is CN1CCC(Cc2ccc(C=O)cc2)C1. The maximum absolute atomic E-state index is 10.5. The smallest absolute Gasteiger partial charge is 0.150 e. The van der Waals surface area contributed by atoms with Crippen LogP contribution in [-0.4, -0.2) is 31.3 Å². The summed E-state index contributed by atoms with van der Waals surface area (Å²) in [5.41, 5.74) is 2.11. The lowest BCUT2D eigenvalue weighted by atomic mass is 9.98. The largest absolute Gasteiger partial charge is 0.306 e. The Bertz CT molecular complexity index is 331. The minimum Gasteiger partial charge on any atom is -0.306 e. The molecule has 0 aliphatic carbocycles. The summed E-state index contributed by atoms with van der Waals surface area (Å²) in [4.78, 5) is 12.9. The molecule has 2 heteroatoms. The second kappa shape index (κ2) is 4.58. The van der Waals surface area contributed by atoms with E-state index in [0.717, 1.165) is 24.2 Å². The Labute approximate surface area is 90.9 Å².